The molecule has 0 atom stereocenters. The van der Waals surface area contributed by atoms with Crippen LogP contribution in [-0.4, -0.2) is 12.6 Å². The summed E-state index contributed by atoms with van der Waals surface area (Å²) in [7, 11) is 0. The SMILES string of the molecule is CCN(c1ccc(N)cc1)C1CC1. The summed E-state index contributed by atoms with van der Waals surface area (Å²) in [5.41, 5.74) is 7.79. The predicted octanol–water partition coefficient (Wildman–Crippen LogP) is 2.26. The van der Waals surface area contributed by atoms with Gasteiger partial charge in [-0.05, 0) is 44.0 Å². The van der Waals surface area contributed by atoms with Crippen LogP contribution in [0.4, 0.5) is 11.4 Å². The predicted molar refractivity (Wildman–Crippen MR) is 56.9 cm³/mol. The molecule has 0 radical (unpaired) electrons. The first-order valence-electron chi connectivity index (χ1n) is 4.93. The second-order valence-corrected chi connectivity index (χ2v) is 3.61. The van der Waals surface area contributed by atoms with Gasteiger partial charge >= 0.3 is 0 Å². The molecule has 0 aliphatic heterocycles. The van der Waals surface area contributed by atoms with Gasteiger partial charge in [0, 0.05) is 24.0 Å². The maximum absolute atomic E-state index is 5.64. The summed E-state index contributed by atoms with van der Waals surface area (Å²) >= 11 is 0. The zero-order valence-electron chi connectivity index (χ0n) is 8.03. The molecule has 0 bridgehead atoms. The quantitative estimate of drug-likeness (QED) is 0.716. The van der Waals surface area contributed by atoms with Gasteiger partial charge in [0.05, 0.1) is 0 Å². The van der Waals surface area contributed by atoms with E-state index in [1.165, 1.54) is 18.5 Å². The monoisotopic (exact) mass is 176 g/mol. The summed E-state index contributed by atoms with van der Waals surface area (Å²) in [5, 5.41) is 0. The molecule has 0 saturated heterocycles. The molecule has 1 aromatic rings. The molecule has 2 heteroatoms. The third-order valence-electron chi connectivity index (χ3n) is 2.55. The van der Waals surface area contributed by atoms with Gasteiger partial charge < -0.3 is 10.6 Å². The molecule has 0 unspecified atom stereocenters. The molecule has 2 rings (SSSR count). The van der Waals surface area contributed by atoms with Crippen molar-refractivity contribution < 1.29 is 0 Å². The highest BCUT2D eigenvalue weighted by Gasteiger charge is 2.27. The molecule has 0 spiro atoms. The highest BCUT2D eigenvalue weighted by Crippen LogP contribution is 2.31. The Morgan fingerprint density at radius 3 is 2.38 bits per heavy atom. The summed E-state index contributed by atoms with van der Waals surface area (Å²) in [5.74, 6) is 0. The lowest BCUT2D eigenvalue weighted by Crippen LogP contribution is -2.24. The number of benzene rings is 1. The van der Waals surface area contributed by atoms with Gasteiger partial charge in [-0.3, -0.25) is 0 Å². The molecule has 2 N–H and O–H groups in total. The van der Waals surface area contributed by atoms with E-state index in [0.717, 1.165) is 18.3 Å². The minimum Gasteiger partial charge on any atom is -0.399 e. The Bertz CT molecular complexity index is 275. The first-order valence-corrected chi connectivity index (χ1v) is 4.93. The average Bonchev–Trinajstić information content (AvgIpc) is 2.93. The third-order valence-corrected chi connectivity index (χ3v) is 2.55. The van der Waals surface area contributed by atoms with Crippen LogP contribution in [0.25, 0.3) is 0 Å². The van der Waals surface area contributed by atoms with E-state index in [0.29, 0.717) is 0 Å². The maximum atomic E-state index is 5.64. The Labute approximate surface area is 79.4 Å². The molecule has 0 aromatic heterocycles. The lowest BCUT2D eigenvalue weighted by Gasteiger charge is -2.22. The van der Waals surface area contributed by atoms with E-state index in [2.05, 4.69) is 24.0 Å². The normalized spacial score (nSPS) is 15.8. The van der Waals surface area contributed by atoms with Crippen LogP contribution in [0.2, 0.25) is 0 Å². The van der Waals surface area contributed by atoms with Crippen molar-refractivity contribution in [2.45, 2.75) is 25.8 Å². The molecular weight excluding hydrogens is 160 g/mol. The number of hydrogen-bond acceptors (Lipinski definition) is 2. The number of rotatable bonds is 3. The van der Waals surface area contributed by atoms with E-state index in [9.17, 15) is 0 Å². The van der Waals surface area contributed by atoms with Gasteiger partial charge in [-0.1, -0.05) is 0 Å². The number of nitrogens with two attached hydrogens (primary N) is 1. The van der Waals surface area contributed by atoms with Gasteiger partial charge in [0.25, 0.3) is 0 Å². The van der Waals surface area contributed by atoms with Gasteiger partial charge in [-0.2, -0.15) is 0 Å². The summed E-state index contributed by atoms with van der Waals surface area (Å²) in [6.07, 6.45) is 2.69. The Morgan fingerprint density at radius 2 is 1.92 bits per heavy atom. The lowest BCUT2D eigenvalue weighted by atomic mass is 10.2. The van der Waals surface area contributed by atoms with Crippen molar-refractivity contribution >= 4 is 11.4 Å². The zero-order valence-corrected chi connectivity index (χ0v) is 8.03. The van der Waals surface area contributed by atoms with Gasteiger partial charge in [0.1, 0.15) is 0 Å². The molecular formula is C11H16N2. The van der Waals surface area contributed by atoms with Gasteiger partial charge in [0.15, 0.2) is 0 Å². The highest BCUT2D eigenvalue weighted by atomic mass is 15.2. The van der Waals surface area contributed by atoms with E-state index in [4.69, 9.17) is 5.73 Å². The van der Waals surface area contributed by atoms with Crippen LogP contribution in [0, 0.1) is 0 Å². The molecule has 1 fully saturated rings. The minimum absolute atomic E-state index is 0.786. The van der Waals surface area contributed by atoms with Crippen molar-refractivity contribution in [1.82, 2.24) is 0 Å². The van der Waals surface area contributed by atoms with Crippen molar-refractivity contribution in [2.24, 2.45) is 0 Å². The van der Waals surface area contributed by atoms with Crippen molar-refractivity contribution in [3.63, 3.8) is 0 Å². The second kappa shape index (κ2) is 3.29. The average molecular weight is 176 g/mol. The van der Waals surface area contributed by atoms with Crippen LogP contribution < -0.4 is 10.6 Å². The summed E-state index contributed by atoms with van der Waals surface area (Å²) in [6, 6.07) is 8.95. The van der Waals surface area contributed by atoms with Crippen LogP contribution in [-0.2, 0) is 0 Å². The van der Waals surface area contributed by atoms with Crippen molar-refractivity contribution in [3.8, 4) is 0 Å². The van der Waals surface area contributed by atoms with Crippen LogP contribution >= 0.6 is 0 Å². The number of anilines is 2. The summed E-state index contributed by atoms with van der Waals surface area (Å²) in [4.78, 5) is 2.44. The smallest absolute Gasteiger partial charge is 0.0370 e. The Morgan fingerprint density at radius 1 is 1.31 bits per heavy atom. The fourth-order valence-electron chi connectivity index (χ4n) is 1.70. The van der Waals surface area contributed by atoms with Crippen LogP contribution in [0.15, 0.2) is 24.3 Å². The standard InChI is InChI=1S/C11H16N2/c1-2-13(11-7-8-11)10-5-3-9(12)4-6-10/h3-6,11H,2,7-8,12H2,1H3. The van der Waals surface area contributed by atoms with E-state index < -0.39 is 0 Å². The molecule has 1 aromatic carbocycles. The Hall–Kier alpha value is -1.18. The van der Waals surface area contributed by atoms with Gasteiger partial charge in [-0.15, -0.1) is 0 Å². The van der Waals surface area contributed by atoms with E-state index in [-0.39, 0.29) is 0 Å². The van der Waals surface area contributed by atoms with E-state index in [1.54, 1.807) is 0 Å². The first-order chi connectivity index (χ1) is 6.31. The number of hydrogen-bond donors (Lipinski definition) is 1. The molecule has 1 aliphatic rings. The fourth-order valence-corrected chi connectivity index (χ4v) is 1.70. The van der Waals surface area contributed by atoms with Crippen molar-refractivity contribution in [1.29, 1.82) is 0 Å². The lowest BCUT2D eigenvalue weighted by molar-refractivity contribution is 0.826. The Kier molecular flexibility index (Phi) is 2.13. The van der Waals surface area contributed by atoms with Gasteiger partial charge in [0.2, 0.25) is 0 Å². The first kappa shape index (κ1) is 8.42. The molecule has 1 aliphatic carbocycles. The minimum atomic E-state index is 0.786. The van der Waals surface area contributed by atoms with E-state index in [1.807, 2.05) is 12.1 Å². The van der Waals surface area contributed by atoms with Gasteiger partial charge in [-0.25, -0.2) is 0 Å². The number of nitrogens with zero attached hydrogens (tertiary/aromatic N) is 1. The molecule has 2 nitrogen and oxygen atoms in total. The van der Waals surface area contributed by atoms with Crippen LogP contribution in [0.1, 0.15) is 19.8 Å². The summed E-state index contributed by atoms with van der Waals surface area (Å²) < 4.78 is 0. The van der Waals surface area contributed by atoms with E-state index >= 15 is 0 Å². The fraction of sp³-hybridized carbons (Fsp3) is 0.455. The summed E-state index contributed by atoms with van der Waals surface area (Å²) in [6.45, 7) is 3.29. The molecule has 70 valence electrons. The molecule has 1 saturated carbocycles. The molecule has 0 heterocycles. The zero-order chi connectivity index (χ0) is 9.26. The van der Waals surface area contributed by atoms with Crippen molar-refractivity contribution in [2.75, 3.05) is 17.2 Å². The highest BCUT2D eigenvalue weighted by molar-refractivity contribution is 5.54. The largest absolute Gasteiger partial charge is 0.399 e. The van der Waals surface area contributed by atoms with Crippen LogP contribution in [0.5, 0.6) is 0 Å². The third kappa shape index (κ3) is 1.77. The number of nitrogen functional groups attached to an aromatic ring is 1. The molecule has 0 amide bonds. The maximum Gasteiger partial charge on any atom is 0.0370 e. The second-order valence-electron chi connectivity index (χ2n) is 3.61. The van der Waals surface area contributed by atoms with Crippen molar-refractivity contribution in [3.05, 3.63) is 24.3 Å². The topological polar surface area (TPSA) is 29.3 Å². The Balaban J connectivity index is 2.17. The molecule has 13 heavy (non-hydrogen) atoms. The van der Waals surface area contributed by atoms with Crippen LogP contribution in [0.3, 0.4) is 0 Å².